The molecule has 0 saturated carbocycles. The summed E-state index contributed by atoms with van der Waals surface area (Å²) in [4.78, 5) is 23.4. The standard InChI is InChI=1S/C66H131N2O6P/c1-6-8-10-12-14-16-18-20-22-24-26-28-29-30-31-32-33-34-35-36-37-38-40-42-44-46-48-50-52-54-56-58-60-66(70)67-64(63-74-75(71,72)73-62-61-68(3,4)5)65(69)59-57-55-53-51-49-47-45-43-41-39-27-25-23-21-19-17-15-13-11-9-7-2/h49,51,57,59,64-65,69H,6-48,50,52-56,58,60-63H2,1-5H3,(H-,67,70,71,72)/p+1/b51-49+,59-57+. The van der Waals surface area contributed by atoms with Gasteiger partial charge >= 0.3 is 7.82 Å². The van der Waals surface area contributed by atoms with E-state index >= 15 is 0 Å². The van der Waals surface area contributed by atoms with Gasteiger partial charge in [0.2, 0.25) is 5.91 Å². The maximum atomic E-state index is 13.0. The number of likely N-dealkylation sites (N-methyl/N-ethyl adjacent to an activating group) is 1. The molecule has 0 radical (unpaired) electrons. The van der Waals surface area contributed by atoms with Gasteiger partial charge in [-0.25, -0.2) is 4.57 Å². The number of nitrogens with zero attached hydrogens (tertiary/aromatic N) is 1. The molecule has 0 heterocycles. The van der Waals surface area contributed by atoms with E-state index in [1.807, 2.05) is 27.2 Å². The van der Waals surface area contributed by atoms with E-state index in [1.54, 1.807) is 6.08 Å². The minimum Gasteiger partial charge on any atom is -0.387 e. The van der Waals surface area contributed by atoms with E-state index < -0.39 is 20.0 Å². The summed E-state index contributed by atoms with van der Waals surface area (Å²) in [6, 6.07) is -0.861. The van der Waals surface area contributed by atoms with Gasteiger partial charge in [0.25, 0.3) is 0 Å². The number of carbonyl (C=O) groups excluding carboxylic acids is 1. The van der Waals surface area contributed by atoms with E-state index in [0.717, 1.165) is 38.5 Å². The van der Waals surface area contributed by atoms with Crippen molar-refractivity contribution in [3.63, 3.8) is 0 Å². The number of carbonyl (C=O) groups is 1. The van der Waals surface area contributed by atoms with Crippen molar-refractivity contribution in [2.45, 2.75) is 353 Å². The van der Waals surface area contributed by atoms with Crippen LogP contribution in [0.4, 0.5) is 0 Å². The number of aliphatic hydroxyl groups is 1. The largest absolute Gasteiger partial charge is 0.472 e. The van der Waals surface area contributed by atoms with Crippen molar-refractivity contribution in [3.8, 4) is 0 Å². The Hall–Kier alpha value is -1.02. The van der Waals surface area contributed by atoms with Crippen molar-refractivity contribution >= 4 is 13.7 Å². The molecule has 0 aromatic carbocycles. The smallest absolute Gasteiger partial charge is 0.387 e. The van der Waals surface area contributed by atoms with Crippen molar-refractivity contribution in [2.75, 3.05) is 40.9 Å². The van der Waals surface area contributed by atoms with E-state index in [9.17, 15) is 19.4 Å². The minimum absolute atomic E-state index is 0.0590. The minimum atomic E-state index is -4.36. The molecule has 0 aliphatic rings. The highest BCUT2D eigenvalue weighted by Crippen LogP contribution is 2.43. The van der Waals surface area contributed by atoms with Crippen LogP contribution in [0.25, 0.3) is 0 Å². The first-order valence-electron chi connectivity index (χ1n) is 33.2. The number of quaternary nitrogens is 1. The zero-order valence-electron chi connectivity index (χ0n) is 51.1. The van der Waals surface area contributed by atoms with Crippen molar-refractivity contribution in [2.24, 2.45) is 0 Å². The topological polar surface area (TPSA) is 105 Å². The summed E-state index contributed by atoms with van der Waals surface area (Å²) in [6.07, 6.45) is 74.7. The van der Waals surface area contributed by atoms with Gasteiger partial charge in [-0.1, -0.05) is 327 Å². The second-order valence-electron chi connectivity index (χ2n) is 24.2. The summed E-state index contributed by atoms with van der Waals surface area (Å²) < 4.78 is 23.8. The molecule has 1 amide bonds. The Labute approximate surface area is 468 Å². The highest BCUT2D eigenvalue weighted by Gasteiger charge is 2.28. The number of amides is 1. The van der Waals surface area contributed by atoms with Gasteiger partial charge in [-0.3, -0.25) is 13.8 Å². The Bertz CT molecular complexity index is 1270. The number of phosphoric ester groups is 1. The highest BCUT2D eigenvalue weighted by atomic mass is 31.2. The fourth-order valence-corrected chi connectivity index (χ4v) is 11.0. The third kappa shape index (κ3) is 60.5. The predicted molar refractivity (Wildman–Crippen MR) is 328 cm³/mol. The van der Waals surface area contributed by atoms with Gasteiger partial charge in [0.05, 0.1) is 39.9 Å². The fourth-order valence-electron chi connectivity index (χ4n) is 10.2. The van der Waals surface area contributed by atoms with Crippen LogP contribution in [0.1, 0.15) is 341 Å². The van der Waals surface area contributed by atoms with Gasteiger partial charge < -0.3 is 19.8 Å². The Balaban J connectivity index is 4.05. The molecule has 8 nitrogen and oxygen atoms in total. The molecule has 0 spiro atoms. The average molecular weight is 1080 g/mol. The quantitative estimate of drug-likeness (QED) is 0.0243. The Morgan fingerprint density at radius 1 is 0.440 bits per heavy atom. The van der Waals surface area contributed by atoms with Crippen molar-refractivity contribution in [1.29, 1.82) is 0 Å². The van der Waals surface area contributed by atoms with E-state index in [1.165, 1.54) is 283 Å². The first kappa shape index (κ1) is 74.0. The molecule has 0 saturated heterocycles. The molecule has 0 aliphatic heterocycles. The maximum Gasteiger partial charge on any atom is 0.472 e. The molecule has 0 bridgehead atoms. The summed E-state index contributed by atoms with van der Waals surface area (Å²) in [7, 11) is 1.57. The van der Waals surface area contributed by atoms with Gasteiger partial charge in [-0.2, -0.15) is 0 Å². The van der Waals surface area contributed by atoms with Crippen LogP contribution in [-0.2, 0) is 18.4 Å². The van der Waals surface area contributed by atoms with Crippen LogP contribution in [-0.4, -0.2) is 73.4 Å². The Morgan fingerprint density at radius 2 is 0.733 bits per heavy atom. The van der Waals surface area contributed by atoms with Gasteiger partial charge in [-0.15, -0.1) is 0 Å². The molecule has 0 aromatic rings. The Morgan fingerprint density at radius 3 is 1.07 bits per heavy atom. The van der Waals surface area contributed by atoms with E-state index in [4.69, 9.17) is 9.05 Å². The molecule has 9 heteroatoms. The van der Waals surface area contributed by atoms with E-state index in [0.29, 0.717) is 17.4 Å². The van der Waals surface area contributed by atoms with Gasteiger partial charge in [-0.05, 0) is 32.1 Å². The molecule has 3 atom stereocenters. The molecule has 0 fully saturated rings. The van der Waals surface area contributed by atoms with Crippen molar-refractivity contribution < 1.29 is 32.9 Å². The number of allylic oxidation sites excluding steroid dienone is 3. The molecule has 3 unspecified atom stereocenters. The zero-order chi connectivity index (χ0) is 54.9. The molecule has 75 heavy (non-hydrogen) atoms. The van der Waals surface area contributed by atoms with Crippen LogP contribution in [0.15, 0.2) is 24.3 Å². The van der Waals surface area contributed by atoms with Crippen LogP contribution in [0.2, 0.25) is 0 Å². The number of nitrogens with one attached hydrogen (secondary N) is 1. The maximum absolute atomic E-state index is 13.0. The highest BCUT2D eigenvalue weighted by molar-refractivity contribution is 7.47. The predicted octanol–water partition coefficient (Wildman–Crippen LogP) is 20.7. The molecule has 0 aliphatic carbocycles. The normalized spacial score (nSPS) is 13.9. The molecular formula is C66H132N2O6P+. The summed E-state index contributed by atoms with van der Waals surface area (Å²) in [5.74, 6) is -0.179. The van der Waals surface area contributed by atoms with Crippen LogP contribution in [0, 0.1) is 0 Å². The van der Waals surface area contributed by atoms with E-state index in [-0.39, 0.29) is 19.1 Å². The van der Waals surface area contributed by atoms with Crippen LogP contribution in [0.5, 0.6) is 0 Å². The number of phosphoric acid groups is 1. The third-order valence-electron chi connectivity index (χ3n) is 15.4. The fraction of sp³-hybridized carbons (Fsp3) is 0.924. The lowest BCUT2D eigenvalue weighted by molar-refractivity contribution is -0.870. The van der Waals surface area contributed by atoms with Crippen LogP contribution < -0.4 is 5.32 Å². The number of hydrogen-bond acceptors (Lipinski definition) is 5. The summed E-state index contributed by atoms with van der Waals surface area (Å²) >= 11 is 0. The van der Waals surface area contributed by atoms with Gasteiger partial charge in [0, 0.05) is 6.42 Å². The van der Waals surface area contributed by atoms with Crippen molar-refractivity contribution in [1.82, 2.24) is 5.32 Å². The lowest BCUT2D eigenvalue weighted by Crippen LogP contribution is -2.45. The first-order valence-corrected chi connectivity index (χ1v) is 34.7. The number of rotatable bonds is 62. The summed E-state index contributed by atoms with van der Waals surface area (Å²) in [5, 5.41) is 14.0. The third-order valence-corrected chi connectivity index (χ3v) is 16.4. The summed E-state index contributed by atoms with van der Waals surface area (Å²) in [6.45, 7) is 4.85. The van der Waals surface area contributed by atoms with Gasteiger partial charge in [0.15, 0.2) is 0 Å². The SMILES string of the molecule is CCCCCCCCCCCCCCCCC/C=C/CC/C=C/C(O)C(COP(=O)(O)OCC[N+](C)(C)C)NC(=O)CCCCCCCCCCCCCCCCCCCCCCCCCCCCCCCCCC. The number of unbranched alkanes of at least 4 members (excludes halogenated alkanes) is 47. The number of aliphatic hydroxyl groups excluding tert-OH is 1. The second kappa shape index (κ2) is 57.7. The summed E-state index contributed by atoms with van der Waals surface area (Å²) in [5.41, 5.74) is 0. The zero-order valence-corrected chi connectivity index (χ0v) is 52.0. The average Bonchev–Trinajstić information content (AvgIpc) is 3.37. The second-order valence-corrected chi connectivity index (χ2v) is 25.7. The van der Waals surface area contributed by atoms with E-state index in [2.05, 4.69) is 31.3 Å². The van der Waals surface area contributed by atoms with Gasteiger partial charge in [0.1, 0.15) is 13.2 Å². The molecule has 0 rings (SSSR count). The number of hydrogen-bond donors (Lipinski definition) is 3. The monoisotopic (exact) mass is 1080 g/mol. The lowest BCUT2D eigenvalue weighted by Gasteiger charge is -2.25. The lowest BCUT2D eigenvalue weighted by atomic mass is 10.0. The molecule has 0 aromatic heterocycles. The molecule has 446 valence electrons. The molecular weight excluding hydrogens is 948 g/mol. The van der Waals surface area contributed by atoms with Crippen LogP contribution in [0.3, 0.4) is 0 Å². The van der Waals surface area contributed by atoms with Crippen LogP contribution >= 0.6 is 7.82 Å². The molecule has 3 N–H and O–H groups in total. The first-order chi connectivity index (χ1) is 36.5. The Kier molecular flexibility index (Phi) is 56.9. The van der Waals surface area contributed by atoms with Crippen molar-refractivity contribution in [3.05, 3.63) is 24.3 Å².